The van der Waals surface area contributed by atoms with Gasteiger partial charge in [0.2, 0.25) is 0 Å². The Morgan fingerprint density at radius 1 is 1.05 bits per heavy atom. The first-order valence-electron chi connectivity index (χ1n) is 6.52. The fraction of sp³-hybridized carbons (Fsp3) is 0.250. The van der Waals surface area contributed by atoms with Gasteiger partial charge in [0.15, 0.2) is 0 Å². The van der Waals surface area contributed by atoms with E-state index < -0.39 is 17.8 Å². The van der Waals surface area contributed by atoms with Crippen LogP contribution in [0.1, 0.15) is 17.2 Å². The summed E-state index contributed by atoms with van der Waals surface area (Å²) in [6.07, 6.45) is -5.41. The SMILES string of the molecule is COc1cccc(OCC(O)c2ccc(C(F)(F)F)cc2)c1. The molecule has 2 rings (SSSR count). The molecule has 0 aromatic heterocycles. The summed E-state index contributed by atoms with van der Waals surface area (Å²) in [5, 5.41) is 9.96. The summed E-state index contributed by atoms with van der Waals surface area (Å²) in [6.45, 7) is -0.0709. The topological polar surface area (TPSA) is 38.7 Å². The van der Waals surface area contributed by atoms with Gasteiger partial charge in [-0.15, -0.1) is 0 Å². The van der Waals surface area contributed by atoms with Gasteiger partial charge in [0, 0.05) is 6.07 Å². The zero-order valence-electron chi connectivity index (χ0n) is 11.8. The van der Waals surface area contributed by atoms with Gasteiger partial charge < -0.3 is 14.6 Å². The highest BCUT2D eigenvalue weighted by Crippen LogP contribution is 2.30. The second kappa shape index (κ2) is 6.70. The number of benzene rings is 2. The van der Waals surface area contributed by atoms with E-state index >= 15 is 0 Å². The van der Waals surface area contributed by atoms with Crippen molar-refractivity contribution >= 4 is 0 Å². The molecule has 0 bridgehead atoms. The van der Waals surface area contributed by atoms with Gasteiger partial charge in [0.25, 0.3) is 0 Å². The quantitative estimate of drug-likeness (QED) is 0.912. The van der Waals surface area contributed by atoms with E-state index in [4.69, 9.17) is 9.47 Å². The molecule has 0 saturated carbocycles. The Labute approximate surface area is 125 Å². The number of methoxy groups -OCH3 is 1. The van der Waals surface area contributed by atoms with E-state index in [2.05, 4.69) is 0 Å². The van der Waals surface area contributed by atoms with Crippen molar-refractivity contribution in [1.29, 1.82) is 0 Å². The van der Waals surface area contributed by atoms with Crippen LogP contribution in [0.4, 0.5) is 13.2 Å². The van der Waals surface area contributed by atoms with Gasteiger partial charge in [-0.25, -0.2) is 0 Å². The lowest BCUT2D eigenvalue weighted by atomic mass is 10.1. The van der Waals surface area contributed by atoms with Gasteiger partial charge in [-0.05, 0) is 29.8 Å². The van der Waals surface area contributed by atoms with Gasteiger partial charge >= 0.3 is 6.18 Å². The number of ether oxygens (including phenoxy) is 2. The Morgan fingerprint density at radius 3 is 2.27 bits per heavy atom. The summed E-state index contributed by atoms with van der Waals surface area (Å²) in [5.41, 5.74) is -0.395. The molecule has 0 heterocycles. The monoisotopic (exact) mass is 312 g/mol. The highest BCUT2D eigenvalue weighted by Gasteiger charge is 2.30. The van der Waals surface area contributed by atoms with Crippen LogP contribution in [0.3, 0.4) is 0 Å². The lowest BCUT2D eigenvalue weighted by Gasteiger charge is -2.14. The fourth-order valence-corrected chi connectivity index (χ4v) is 1.86. The number of hydrogen-bond donors (Lipinski definition) is 1. The fourth-order valence-electron chi connectivity index (χ4n) is 1.86. The van der Waals surface area contributed by atoms with Crippen LogP contribution in [-0.2, 0) is 6.18 Å². The molecular formula is C16H15F3O3. The van der Waals surface area contributed by atoms with Crippen molar-refractivity contribution < 1.29 is 27.8 Å². The van der Waals surface area contributed by atoms with Crippen molar-refractivity contribution in [2.24, 2.45) is 0 Å². The molecule has 1 unspecified atom stereocenters. The Morgan fingerprint density at radius 2 is 1.68 bits per heavy atom. The molecule has 1 N–H and O–H groups in total. The predicted octanol–water partition coefficient (Wildman–Crippen LogP) is 3.83. The molecule has 0 aliphatic heterocycles. The van der Waals surface area contributed by atoms with Crippen molar-refractivity contribution in [1.82, 2.24) is 0 Å². The minimum absolute atomic E-state index is 0.0709. The molecule has 0 fully saturated rings. The number of hydrogen-bond acceptors (Lipinski definition) is 3. The van der Waals surface area contributed by atoms with Crippen molar-refractivity contribution in [2.45, 2.75) is 12.3 Å². The number of rotatable bonds is 5. The Kier molecular flexibility index (Phi) is 4.92. The molecule has 0 amide bonds. The molecule has 1 atom stereocenters. The molecule has 6 heteroatoms. The molecule has 0 spiro atoms. The van der Waals surface area contributed by atoms with Gasteiger partial charge in [-0.2, -0.15) is 13.2 Å². The molecule has 22 heavy (non-hydrogen) atoms. The highest BCUT2D eigenvalue weighted by atomic mass is 19.4. The molecule has 0 radical (unpaired) electrons. The summed E-state index contributed by atoms with van der Waals surface area (Å²) in [4.78, 5) is 0. The zero-order valence-corrected chi connectivity index (χ0v) is 11.8. The molecule has 0 saturated heterocycles. The number of alkyl halides is 3. The largest absolute Gasteiger partial charge is 0.497 e. The number of aliphatic hydroxyl groups excluding tert-OH is 1. The maximum absolute atomic E-state index is 12.5. The highest BCUT2D eigenvalue weighted by molar-refractivity contribution is 5.33. The molecule has 3 nitrogen and oxygen atoms in total. The van der Waals surface area contributed by atoms with Crippen LogP contribution in [0.2, 0.25) is 0 Å². The van der Waals surface area contributed by atoms with Gasteiger partial charge in [-0.1, -0.05) is 18.2 Å². The van der Waals surface area contributed by atoms with Crippen LogP contribution in [0.15, 0.2) is 48.5 Å². The first kappa shape index (κ1) is 16.2. The van der Waals surface area contributed by atoms with E-state index in [1.807, 2.05) is 0 Å². The van der Waals surface area contributed by atoms with Gasteiger partial charge in [0.05, 0.1) is 12.7 Å². The van der Waals surface area contributed by atoms with Crippen LogP contribution in [0.5, 0.6) is 11.5 Å². The van der Waals surface area contributed by atoms with Crippen LogP contribution in [0, 0.1) is 0 Å². The molecule has 118 valence electrons. The Hall–Kier alpha value is -2.21. The van der Waals surface area contributed by atoms with E-state index in [-0.39, 0.29) is 6.61 Å². The van der Waals surface area contributed by atoms with Gasteiger partial charge in [0.1, 0.15) is 24.2 Å². The lowest BCUT2D eigenvalue weighted by Crippen LogP contribution is -2.11. The lowest BCUT2D eigenvalue weighted by molar-refractivity contribution is -0.137. The average Bonchev–Trinajstić information content (AvgIpc) is 2.52. The van der Waals surface area contributed by atoms with E-state index in [1.165, 1.54) is 19.2 Å². The zero-order chi connectivity index (χ0) is 16.2. The van der Waals surface area contributed by atoms with Crippen molar-refractivity contribution in [3.63, 3.8) is 0 Å². The summed E-state index contributed by atoms with van der Waals surface area (Å²) >= 11 is 0. The van der Waals surface area contributed by atoms with Crippen LogP contribution in [-0.4, -0.2) is 18.8 Å². The molecule has 2 aromatic carbocycles. The second-order valence-corrected chi connectivity index (χ2v) is 4.63. The smallest absolute Gasteiger partial charge is 0.416 e. The standard InChI is InChI=1S/C16H15F3O3/c1-21-13-3-2-4-14(9-13)22-10-15(20)11-5-7-12(8-6-11)16(17,18)19/h2-9,15,20H,10H2,1H3. The van der Waals surface area contributed by atoms with E-state index in [0.717, 1.165) is 12.1 Å². The minimum atomic E-state index is -4.39. The maximum atomic E-state index is 12.5. The summed E-state index contributed by atoms with van der Waals surface area (Å²) in [7, 11) is 1.52. The molecule has 2 aromatic rings. The van der Waals surface area contributed by atoms with Crippen LogP contribution in [0.25, 0.3) is 0 Å². The summed E-state index contributed by atoms with van der Waals surface area (Å²) in [5.74, 6) is 1.12. The first-order chi connectivity index (χ1) is 10.4. The number of aliphatic hydroxyl groups is 1. The van der Waals surface area contributed by atoms with E-state index in [9.17, 15) is 18.3 Å². The third-order valence-electron chi connectivity index (χ3n) is 3.07. The Balaban J connectivity index is 1.98. The molecule has 0 aliphatic rings. The summed E-state index contributed by atoms with van der Waals surface area (Å²) in [6, 6.07) is 11.2. The van der Waals surface area contributed by atoms with Crippen molar-refractivity contribution in [2.75, 3.05) is 13.7 Å². The third kappa shape index (κ3) is 4.14. The third-order valence-corrected chi connectivity index (χ3v) is 3.07. The van der Waals surface area contributed by atoms with Crippen molar-refractivity contribution in [3.05, 3.63) is 59.7 Å². The maximum Gasteiger partial charge on any atom is 0.416 e. The molecule has 0 aliphatic carbocycles. The van der Waals surface area contributed by atoms with E-state index in [0.29, 0.717) is 17.1 Å². The van der Waals surface area contributed by atoms with Crippen LogP contribution < -0.4 is 9.47 Å². The average molecular weight is 312 g/mol. The Bertz CT molecular complexity index is 609. The predicted molar refractivity (Wildman–Crippen MR) is 74.9 cm³/mol. The van der Waals surface area contributed by atoms with Crippen LogP contribution >= 0.6 is 0 Å². The van der Waals surface area contributed by atoms with Gasteiger partial charge in [-0.3, -0.25) is 0 Å². The second-order valence-electron chi connectivity index (χ2n) is 4.63. The van der Waals surface area contributed by atoms with E-state index in [1.54, 1.807) is 24.3 Å². The minimum Gasteiger partial charge on any atom is -0.497 e. The normalized spacial score (nSPS) is 12.8. The first-order valence-corrected chi connectivity index (χ1v) is 6.52. The van der Waals surface area contributed by atoms with Crippen molar-refractivity contribution in [3.8, 4) is 11.5 Å². The number of halogens is 3. The molecular weight excluding hydrogens is 297 g/mol. The summed E-state index contributed by atoms with van der Waals surface area (Å²) < 4.78 is 47.8.